The number of ether oxygens (including phenoxy) is 2. The zero-order valence-electron chi connectivity index (χ0n) is 24.2. The molecule has 2 aromatic carbocycles. The molecule has 1 aromatic heterocycles. The number of carbonyl (C=O) groups is 2. The van der Waals surface area contributed by atoms with Crippen LogP contribution in [-0.4, -0.2) is 98.6 Å². The van der Waals surface area contributed by atoms with Crippen molar-refractivity contribution in [2.45, 2.75) is 38.5 Å². The smallest absolute Gasteiger partial charge is 0.547 e. The van der Waals surface area contributed by atoms with Crippen molar-refractivity contribution >= 4 is 24.2 Å². The van der Waals surface area contributed by atoms with Crippen molar-refractivity contribution in [3.63, 3.8) is 0 Å². The molecule has 1 saturated heterocycles. The monoisotopic (exact) mass is 632 g/mol. The molecule has 16 heteroatoms. The Morgan fingerprint density at radius 2 is 1.84 bits per heavy atom. The Morgan fingerprint density at radius 1 is 1.11 bits per heavy atom. The molecule has 3 heterocycles. The lowest BCUT2D eigenvalue weighted by atomic mass is 9.85. The minimum Gasteiger partial charge on any atom is -1.00 e. The maximum absolute atomic E-state index is 15.2. The summed E-state index contributed by atoms with van der Waals surface area (Å²) < 4.78 is 40.6. The molecule has 44 heavy (non-hydrogen) atoms. The summed E-state index contributed by atoms with van der Waals surface area (Å²) in [6.45, 7) is 5.06. The number of anilines is 1. The SMILES string of the molecule is CC(C)OC(=O)OCN1[C+]=NN(C[C@@](O)(c2ccc(F)cc2F)[C@@H](C)N2CCN(c3ccc(-n4ccnn4)cc3)C2=O)C1.[Cl-]. The van der Waals surface area contributed by atoms with E-state index in [1.807, 2.05) is 0 Å². The number of hydrogen-bond donors (Lipinski definition) is 1. The normalized spacial score (nSPS) is 16.6. The number of carbonyl (C=O) groups excluding carboxylic acids is 2. The van der Waals surface area contributed by atoms with Crippen LogP contribution in [-0.2, 0) is 15.1 Å². The highest BCUT2D eigenvalue weighted by Gasteiger charge is 2.48. The molecule has 0 spiro atoms. The fourth-order valence-electron chi connectivity index (χ4n) is 5.00. The zero-order valence-corrected chi connectivity index (χ0v) is 24.9. The van der Waals surface area contributed by atoms with Crippen molar-refractivity contribution in [3.8, 4) is 5.69 Å². The highest BCUT2D eigenvalue weighted by molar-refractivity contribution is 5.94. The number of urea groups is 1. The molecule has 5 rings (SSSR count). The lowest BCUT2D eigenvalue weighted by molar-refractivity contribution is -0.0605. The average molecular weight is 633 g/mol. The van der Waals surface area contributed by atoms with Gasteiger partial charge in [0.1, 0.15) is 22.3 Å². The molecule has 1 fully saturated rings. The van der Waals surface area contributed by atoms with E-state index in [0.717, 1.165) is 17.8 Å². The van der Waals surface area contributed by atoms with Gasteiger partial charge in [0.2, 0.25) is 6.73 Å². The first kappa shape index (κ1) is 32.3. The Morgan fingerprint density at radius 3 is 2.50 bits per heavy atom. The van der Waals surface area contributed by atoms with Crippen molar-refractivity contribution < 1.29 is 45.4 Å². The standard InChI is InChI=1S/C28H31F2N8O5.ClH/c1-19(2)43-27(40)42-18-34-16-32-35(17-34)15-28(41,24-9-4-21(29)14-25(24)30)20(3)36-12-13-37(26(36)39)22-5-7-23(8-6-22)38-11-10-31-33-38;/h4-11,14,19-20,41H,12-13,15,17-18H2,1-3H3;1H/q+1;/p-1/t20-,28+;/m1./s1. The van der Waals surface area contributed by atoms with Gasteiger partial charge in [0.25, 0.3) is 0 Å². The van der Waals surface area contributed by atoms with Gasteiger partial charge in [-0.2, -0.15) is 0 Å². The summed E-state index contributed by atoms with van der Waals surface area (Å²) in [7, 11) is 0. The largest absolute Gasteiger partial charge is 1.00 e. The van der Waals surface area contributed by atoms with Gasteiger partial charge in [-0.1, -0.05) is 16.2 Å². The molecule has 0 saturated carbocycles. The Balaban J connectivity index is 0.00000442. The first-order valence-corrected chi connectivity index (χ1v) is 13.6. The van der Waals surface area contributed by atoms with Crippen LogP contribution >= 0.6 is 0 Å². The van der Waals surface area contributed by atoms with Gasteiger partial charge in [-0.05, 0) is 51.1 Å². The van der Waals surface area contributed by atoms with E-state index in [1.54, 1.807) is 67.0 Å². The molecule has 3 aromatic rings. The third-order valence-electron chi connectivity index (χ3n) is 7.20. The quantitative estimate of drug-likeness (QED) is 0.242. The van der Waals surface area contributed by atoms with E-state index in [4.69, 9.17) is 9.47 Å². The second-order valence-electron chi connectivity index (χ2n) is 10.5. The topological polar surface area (TPSA) is 129 Å². The van der Waals surface area contributed by atoms with Crippen molar-refractivity contribution in [1.82, 2.24) is 29.8 Å². The molecular weight excluding hydrogens is 602 g/mol. The summed E-state index contributed by atoms with van der Waals surface area (Å²) in [5.41, 5.74) is -0.835. The maximum Gasteiger partial charge on any atom is 0.547 e. The van der Waals surface area contributed by atoms with E-state index < -0.39 is 35.5 Å². The molecule has 0 radical (unpaired) electrons. The van der Waals surface area contributed by atoms with Crippen molar-refractivity contribution in [1.29, 1.82) is 0 Å². The molecular formula is C28H31ClF2N8O5. The number of benzene rings is 2. The molecule has 2 amide bonds. The molecule has 2 atom stereocenters. The van der Waals surface area contributed by atoms with Crippen LogP contribution in [0.2, 0.25) is 0 Å². The van der Waals surface area contributed by atoms with Gasteiger partial charge in [0.05, 0.1) is 36.8 Å². The number of nitrogens with zero attached hydrogens (tertiary/aromatic N) is 8. The van der Waals surface area contributed by atoms with Crippen LogP contribution < -0.4 is 17.3 Å². The third-order valence-corrected chi connectivity index (χ3v) is 7.20. The van der Waals surface area contributed by atoms with Crippen LogP contribution in [0, 0.1) is 11.6 Å². The van der Waals surface area contributed by atoms with E-state index in [-0.39, 0.29) is 50.6 Å². The molecule has 0 aliphatic carbocycles. The lowest BCUT2D eigenvalue weighted by Crippen LogP contribution is -3.00. The Labute approximate surface area is 258 Å². The summed E-state index contributed by atoms with van der Waals surface area (Å²) in [4.78, 5) is 29.8. The molecule has 0 unspecified atom stereocenters. The summed E-state index contributed by atoms with van der Waals surface area (Å²) >= 11 is 0. The minimum absolute atomic E-state index is 0. The fourth-order valence-corrected chi connectivity index (χ4v) is 5.00. The number of hydrogen-bond acceptors (Lipinski definition) is 10. The van der Waals surface area contributed by atoms with Gasteiger partial charge in [-0.3, -0.25) is 4.90 Å². The molecule has 0 bridgehead atoms. The van der Waals surface area contributed by atoms with Crippen LogP contribution in [0.3, 0.4) is 0 Å². The van der Waals surface area contributed by atoms with Gasteiger partial charge >= 0.3 is 18.5 Å². The summed E-state index contributed by atoms with van der Waals surface area (Å²) in [6.07, 6.45) is 4.70. The van der Waals surface area contributed by atoms with Crippen molar-refractivity contribution in [2.24, 2.45) is 5.10 Å². The minimum atomic E-state index is -2.03. The molecule has 234 valence electrons. The number of β-amino-alcohol motifs (C(OH)–C–C–N with tert-alkyl or cyclic N) is 1. The van der Waals surface area contributed by atoms with E-state index in [1.165, 1.54) is 14.8 Å². The number of aromatic nitrogens is 3. The average Bonchev–Trinajstić information content (AvgIpc) is 3.73. The van der Waals surface area contributed by atoms with Crippen molar-refractivity contribution in [3.05, 3.63) is 72.1 Å². The highest BCUT2D eigenvalue weighted by atomic mass is 35.5. The van der Waals surface area contributed by atoms with Gasteiger partial charge in [-0.15, -0.1) is 5.10 Å². The predicted molar refractivity (Wildman–Crippen MR) is 149 cm³/mol. The van der Waals surface area contributed by atoms with E-state index in [9.17, 15) is 19.1 Å². The van der Waals surface area contributed by atoms with Crippen molar-refractivity contribution in [2.75, 3.05) is 37.9 Å². The molecule has 13 nitrogen and oxygen atoms in total. The van der Waals surface area contributed by atoms with Gasteiger partial charge in [0.15, 0.2) is 6.67 Å². The number of amides is 2. The van der Waals surface area contributed by atoms with Crippen LogP contribution in [0.25, 0.3) is 5.69 Å². The van der Waals surface area contributed by atoms with E-state index in [2.05, 4.69) is 21.8 Å². The number of halogens is 3. The Hall–Kier alpha value is -4.59. The van der Waals surface area contributed by atoms with Gasteiger partial charge in [-0.25, -0.2) is 28.1 Å². The lowest BCUT2D eigenvalue weighted by Gasteiger charge is -2.40. The summed E-state index contributed by atoms with van der Waals surface area (Å²) in [6, 6.07) is 8.68. The molecule has 2 aliphatic heterocycles. The number of hydrazone groups is 1. The predicted octanol–water partition coefficient (Wildman–Crippen LogP) is -0.0177. The summed E-state index contributed by atoms with van der Waals surface area (Å²) in [5.74, 6) is -1.77. The molecule has 2 aliphatic rings. The number of rotatable bonds is 10. The van der Waals surface area contributed by atoms with E-state index in [0.29, 0.717) is 18.3 Å². The van der Waals surface area contributed by atoms with Gasteiger partial charge in [0, 0.05) is 30.4 Å². The second-order valence-corrected chi connectivity index (χ2v) is 10.5. The Kier molecular flexibility index (Phi) is 9.82. The first-order valence-electron chi connectivity index (χ1n) is 13.6. The van der Waals surface area contributed by atoms with Crippen LogP contribution in [0.5, 0.6) is 0 Å². The van der Waals surface area contributed by atoms with E-state index >= 15 is 4.39 Å². The zero-order chi connectivity index (χ0) is 30.7. The van der Waals surface area contributed by atoms with Crippen LogP contribution in [0.15, 0.2) is 60.0 Å². The number of aliphatic hydroxyl groups is 1. The third kappa shape index (κ3) is 6.80. The van der Waals surface area contributed by atoms with Crippen LogP contribution in [0.1, 0.15) is 26.3 Å². The van der Waals surface area contributed by atoms with Crippen LogP contribution in [0.4, 0.5) is 24.1 Å². The highest BCUT2D eigenvalue weighted by Crippen LogP contribution is 2.35. The van der Waals surface area contributed by atoms with Gasteiger partial charge < -0.3 is 31.9 Å². The molecule has 1 N–H and O–H groups in total. The maximum atomic E-state index is 15.2. The fraction of sp³-hybridized carbons (Fsp3) is 0.393. The second kappa shape index (κ2) is 13.4. The summed E-state index contributed by atoms with van der Waals surface area (Å²) in [5, 5.41) is 25.4. The Bertz CT molecular complexity index is 1480. The first-order chi connectivity index (χ1) is 20.5.